The van der Waals surface area contributed by atoms with Crippen LogP contribution in [0.1, 0.15) is 452 Å². The van der Waals surface area contributed by atoms with E-state index in [1.54, 1.807) is 0 Å². The maximum atomic E-state index is 13.1. The molecule has 0 rings (SSSR count). The van der Waals surface area contributed by atoms with Crippen LogP contribution in [0.3, 0.4) is 0 Å². The third kappa shape index (κ3) is 76.6. The largest absolute Gasteiger partial charge is 0.472 e. The van der Waals surface area contributed by atoms with Crippen molar-refractivity contribution in [1.82, 2.24) is 0 Å². The highest BCUT2D eigenvalue weighted by molar-refractivity contribution is 7.47. The van der Waals surface area contributed by atoms with Crippen LogP contribution in [0.15, 0.2) is 0 Å². The molecule has 0 amide bonds. The summed E-state index contributed by atoms with van der Waals surface area (Å²) in [5.74, 6) is -1.24. The molecule has 3 unspecified atom stereocenters. The van der Waals surface area contributed by atoms with Crippen LogP contribution in [0.4, 0.5) is 0 Å². The third-order valence-corrected chi connectivity index (χ3v) is 22.0. The Hall–Kier alpha value is -1.94. The molecule has 0 aromatic carbocycles. The van der Waals surface area contributed by atoms with Crippen LogP contribution in [0.2, 0.25) is 0 Å². The van der Waals surface area contributed by atoms with E-state index in [1.807, 2.05) is 0 Å². The number of carbonyl (C=O) groups excluding carboxylic acids is 4. The molecule has 0 spiro atoms. The lowest BCUT2D eigenvalue weighted by molar-refractivity contribution is -0.161. The van der Waals surface area contributed by atoms with Crippen LogP contribution >= 0.6 is 15.6 Å². The topological polar surface area (TPSA) is 237 Å². The zero-order valence-corrected chi connectivity index (χ0v) is 69.3. The normalized spacial score (nSPS) is 14.1. The molecule has 0 aliphatic rings. The molecule has 0 bridgehead atoms. The van der Waals surface area contributed by atoms with E-state index < -0.39 is 97.5 Å². The van der Waals surface area contributed by atoms with E-state index >= 15 is 0 Å². The quantitative estimate of drug-likeness (QED) is 0.0222. The molecule has 0 aromatic heterocycles. The zero-order valence-electron chi connectivity index (χ0n) is 67.5. The molecule has 612 valence electrons. The van der Waals surface area contributed by atoms with E-state index in [2.05, 4.69) is 34.6 Å². The van der Waals surface area contributed by atoms with E-state index in [1.165, 1.54) is 263 Å². The minimum atomic E-state index is -4.96. The van der Waals surface area contributed by atoms with Gasteiger partial charge < -0.3 is 33.8 Å². The average Bonchev–Trinajstić information content (AvgIpc) is 0.917. The monoisotopic (exact) mass is 1510 g/mol. The van der Waals surface area contributed by atoms with Crippen LogP contribution in [-0.4, -0.2) is 96.7 Å². The predicted octanol–water partition coefficient (Wildman–Crippen LogP) is 25.6. The van der Waals surface area contributed by atoms with Crippen molar-refractivity contribution < 1.29 is 80.2 Å². The Labute approximate surface area is 632 Å². The fourth-order valence-electron chi connectivity index (χ4n) is 13.1. The number of esters is 4. The Balaban J connectivity index is 5.15. The highest BCUT2D eigenvalue weighted by atomic mass is 31.2. The van der Waals surface area contributed by atoms with Crippen LogP contribution in [0, 0.1) is 5.92 Å². The Morgan fingerprint density at radius 2 is 0.466 bits per heavy atom. The summed E-state index contributed by atoms with van der Waals surface area (Å²) in [6.07, 6.45) is 69.7. The summed E-state index contributed by atoms with van der Waals surface area (Å²) >= 11 is 0. The van der Waals surface area contributed by atoms with Gasteiger partial charge in [-0.05, 0) is 31.6 Å². The van der Waals surface area contributed by atoms with Crippen molar-refractivity contribution in [3.8, 4) is 0 Å². The second-order valence-electron chi connectivity index (χ2n) is 30.5. The van der Waals surface area contributed by atoms with E-state index in [9.17, 15) is 43.2 Å². The number of aliphatic hydroxyl groups excluding tert-OH is 1. The van der Waals surface area contributed by atoms with Gasteiger partial charge in [0.25, 0.3) is 0 Å². The number of ether oxygens (including phenoxy) is 4. The number of rotatable bonds is 84. The van der Waals surface area contributed by atoms with Gasteiger partial charge in [0.1, 0.15) is 19.3 Å². The van der Waals surface area contributed by atoms with Crippen molar-refractivity contribution >= 4 is 39.5 Å². The minimum Gasteiger partial charge on any atom is -0.462 e. The molecule has 3 N–H and O–H groups in total. The lowest BCUT2D eigenvalue weighted by atomic mass is 9.99. The summed E-state index contributed by atoms with van der Waals surface area (Å²) in [7, 11) is -9.91. The molecule has 0 saturated carbocycles. The number of unbranched alkanes of at least 4 members (excludes halogenated alkanes) is 55. The Bertz CT molecular complexity index is 1960. The second-order valence-corrected chi connectivity index (χ2v) is 33.4. The number of hydrogen-bond acceptors (Lipinski definition) is 15. The van der Waals surface area contributed by atoms with Gasteiger partial charge in [-0.1, -0.05) is 401 Å². The molecular formula is C84H164O17P2. The number of phosphoric acid groups is 2. The fraction of sp³-hybridized carbons (Fsp3) is 0.952. The molecule has 0 heterocycles. The molecule has 0 aliphatic heterocycles. The zero-order chi connectivity index (χ0) is 75.5. The van der Waals surface area contributed by atoms with Crippen LogP contribution in [-0.2, 0) is 65.4 Å². The SMILES string of the molecule is CCCCCCCCCCCCCCCCCCCCCCCC(=O)OC[C@H](COP(=O)(O)OC[C@@H](O)COP(=O)(O)OC[C@@H](COC(=O)CCCCCCCCC)OC(=O)CCCCCCCCCCCCCCC)OC(=O)CCCCCCCCCCCCCCCCCCCCC(C)CC. The van der Waals surface area contributed by atoms with Gasteiger partial charge in [0.2, 0.25) is 0 Å². The second kappa shape index (κ2) is 76.8. The molecule has 6 atom stereocenters. The van der Waals surface area contributed by atoms with Gasteiger partial charge in [-0.2, -0.15) is 0 Å². The Morgan fingerprint density at radius 3 is 0.689 bits per heavy atom. The van der Waals surface area contributed by atoms with Gasteiger partial charge in [0.15, 0.2) is 12.2 Å². The summed E-state index contributed by atoms with van der Waals surface area (Å²) < 4.78 is 68.7. The van der Waals surface area contributed by atoms with Gasteiger partial charge in [0, 0.05) is 25.7 Å². The van der Waals surface area contributed by atoms with Gasteiger partial charge >= 0.3 is 39.5 Å². The number of phosphoric ester groups is 2. The Morgan fingerprint density at radius 1 is 0.272 bits per heavy atom. The van der Waals surface area contributed by atoms with E-state index in [-0.39, 0.29) is 25.7 Å². The molecule has 0 aromatic rings. The third-order valence-electron chi connectivity index (χ3n) is 20.1. The molecule has 0 aliphatic carbocycles. The summed E-state index contributed by atoms with van der Waals surface area (Å²) in [4.78, 5) is 72.9. The summed E-state index contributed by atoms with van der Waals surface area (Å²) in [6.45, 7) is 7.37. The standard InChI is InChI=1S/C84H164O17P2/c1-6-10-13-16-19-21-23-25-26-27-28-29-30-34-37-41-44-48-53-58-63-68-82(87)95-74-80(101-84(89)70-65-60-55-50-46-42-38-35-32-31-33-36-40-43-47-52-56-61-66-77(5)9-4)76-99-103(92,93)97-72-78(85)71-96-102(90,91)98-75-79(73-94-81(86)67-62-57-51-18-15-12-8-3)100-83(88)69-64-59-54-49-45-39-24-22-20-17-14-11-7-2/h77-80,85H,6-76H2,1-5H3,(H,90,91)(H,92,93)/t77?,78-,79+,80+/m0/s1. The van der Waals surface area contributed by atoms with Gasteiger partial charge in [-0.15, -0.1) is 0 Å². The van der Waals surface area contributed by atoms with E-state index in [0.29, 0.717) is 25.7 Å². The first-order valence-corrected chi connectivity index (χ1v) is 46.7. The molecule has 0 radical (unpaired) electrons. The molecule has 0 fully saturated rings. The predicted molar refractivity (Wildman–Crippen MR) is 423 cm³/mol. The smallest absolute Gasteiger partial charge is 0.462 e. The molecular weight excluding hydrogens is 1340 g/mol. The van der Waals surface area contributed by atoms with Crippen molar-refractivity contribution in [2.24, 2.45) is 5.92 Å². The van der Waals surface area contributed by atoms with Gasteiger partial charge in [-0.25, -0.2) is 9.13 Å². The lowest BCUT2D eigenvalue weighted by Crippen LogP contribution is -2.30. The van der Waals surface area contributed by atoms with Crippen molar-refractivity contribution in [3.05, 3.63) is 0 Å². The highest BCUT2D eigenvalue weighted by Crippen LogP contribution is 2.45. The average molecular weight is 1510 g/mol. The summed E-state index contributed by atoms with van der Waals surface area (Å²) in [5, 5.41) is 10.6. The van der Waals surface area contributed by atoms with Crippen molar-refractivity contribution in [1.29, 1.82) is 0 Å². The minimum absolute atomic E-state index is 0.108. The summed E-state index contributed by atoms with van der Waals surface area (Å²) in [6, 6.07) is 0. The molecule has 103 heavy (non-hydrogen) atoms. The van der Waals surface area contributed by atoms with Crippen molar-refractivity contribution in [2.45, 2.75) is 470 Å². The van der Waals surface area contributed by atoms with Crippen LogP contribution in [0.25, 0.3) is 0 Å². The van der Waals surface area contributed by atoms with E-state index in [4.69, 9.17) is 37.0 Å². The van der Waals surface area contributed by atoms with Crippen molar-refractivity contribution in [2.75, 3.05) is 39.6 Å². The van der Waals surface area contributed by atoms with Gasteiger partial charge in [0.05, 0.1) is 26.4 Å². The maximum absolute atomic E-state index is 13.1. The Kier molecular flexibility index (Phi) is 75.4. The lowest BCUT2D eigenvalue weighted by Gasteiger charge is -2.21. The highest BCUT2D eigenvalue weighted by Gasteiger charge is 2.30. The first-order chi connectivity index (χ1) is 50.1. The number of aliphatic hydroxyl groups is 1. The van der Waals surface area contributed by atoms with Gasteiger partial charge in [-0.3, -0.25) is 37.3 Å². The van der Waals surface area contributed by atoms with E-state index in [0.717, 1.165) is 109 Å². The maximum Gasteiger partial charge on any atom is 0.472 e. The number of carbonyl (C=O) groups is 4. The number of hydrogen-bond donors (Lipinski definition) is 3. The van der Waals surface area contributed by atoms with Crippen LogP contribution in [0.5, 0.6) is 0 Å². The first kappa shape index (κ1) is 101. The van der Waals surface area contributed by atoms with Crippen molar-refractivity contribution in [3.63, 3.8) is 0 Å². The fourth-order valence-corrected chi connectivity index (χ4v) is 14.7. The van der Waals surface area contributed by atoms with Crippen LogP contribution < -0.4 is 0 Å². The molecule has 19 heteroatoms. The molecule has 17 nitrogen and oxygen atoms in total. The first-order valence-electron chi connectivity index (χ1n) is 43.7. The summed E-state index contributed by atoms with van der Waals surface area (Å²) in [5.41, 5.74) is 0. The molecule has 0 saturated heterocycles.